The van der Waals surface area contributed by atoms with Gasteiger partial charge in [0.05, 0.1) is 21.9 Å². The van der Waals surface area contributed by atoms with E-state index in [1.54, 1.807) is 6.07 Å². The maximum Gasteiger partial charge on any atom is 0.490 e. The number of carbonyl (C=O) groups is 2. The van der Waals surface area contributed by atoms with E-state index in [4.69, 9.17) is 9.90 Å². The van der Waals surface area contributed by atoms with Crippen LogP contribution in [0.2, 0.25) is 0 Å². The lowest BCUT2D eigenvalue weighted by molar-refractivity contribution is -0.192. The van der Waals surface area contributed by atoms with Gasteiger partial charge >= 0.3 is 17.8 Å². The van der Waals surface area contributed by atoms with Gasteiger partial charge in [0.25, 0.3) is 5.56 Å². The van der Waals surface area contributed by atoms with E-state index in [-0.39, 0.29) is 29.2 Å². The van der Waals surface area contributed by atoms with Gasteiger partial charge in [0.2, 0.25) is 5.91 Å². The molecule has 4 N–H and O–H groups in total. The van der Waals surface area contributed by atoms with Crippen LogP contribution in [-0.4, -0.2) is 48.7 Å². The first-order valence-electron chi connectivity index (χ1n) is 12.8. The van der Waals surface area contributed by atoms with E-state index in [2.05, 4.69) is 20.3 Å². The lowest BCUT2D eigenvalue weighted by Crippen LogP contribution is -2.38. The molecule has 0 radical (unpaired) electrons. The van der Waals surface area contributed by atoms with E-state index in [1.807, 2.05) is 47.0 Å². The number of carboxylic acids is 1. The van der Waals surface area contributed by atoms with Crippen LogP contribution in [-0.2, 0) is 16.0 Å². The number of hydrogen-bond donors (Lipinski definition) is 4. The third-order valence-electron chi connectivity index (χ3n) is 6.77. The molecule has 13 heteroatoms. The molecule has 0 unspecified atom stereocenters. The fourth-order valence-corrected chi connectivity index (χ4v) is 4.88. The standard InChI is InChI=1S/C25H27N5O3.C2HF3O2/c31-23(11-5-10-22-27-19-7-2-1-6-18(19)24(32)29-22)26-16-12-14-17(15-13-16)30-21-9-4-3-8-20(21)28-25(30)33;3-2(4,5)1(6)7/h1-4,6-9,16-17H,5,10-15H2,(H,26,31)(H,28,33)(H,27,29,32);(H,6,7)/t16-,17-;. The summed E-state index contributed by atoms with van der Waals surface area (Å²) in [6.07, 6.45) is -0.122. The number of fused-ring (bicyclic) bond motifs is 2. The predicted molar refractivity (Wildman–Crippen MR) is 141 cm³/mol. The Bertz CT molecular complexity index is 1620. The number of H-pyrrole nitrogens is 2. The van der Waals surface area contributed by atoms with Crippen molar-refractivity contribution >= 4 is 33.8 Å². The van der Waals surface area contributed by atoms with Crippen LogP contribution < -0.4 is 16.6 Å². The van der Waals surface area contributed by atoms with E-state index in [0.717, 1.165) is 36.7 Å². The van der Waals surface area contributed by atoms with Crippen molar-refractivity contribution in [2.75, 3.05) is 0 Å². The zero-order valence-electron chi connectivity index (χ0n) is 21.3. The lowest BCUT2D eigenvalue weighted by atomic mass is 9.90. The number of carboxylic acid groups (broad SMARTS) is 1. The molecule has 1 saturated carbocycles. The minimum atomic E-state index is -5.08. The first-order chi connectivity index (χ1) is 19.0. The molecule has 2 aromatic heterocycles. The van der Waals surface area contributed by atoms with Crippen LogP contribution >= 0.6 is 0 Å². The second-order valence-corrected chi connectivity index (χ2v) is 9.58. The molecule has 1 aliphatic carbocycles. The van der Waals surface area contributed by atoms with Crippen molar-refractivity contribution in [2.45, 2.75) is 63.2 Å². The van der Waals surface area contributed by atoms with E-state index >= 15 is 0 Å². The Morgan fingerprint density at radius 2 is 1.65 bits per heavy atom. The first-order valence-corrected chi connectivity index (χ1v) is 12.8. The number of aromatic nitrogens is 4. The normalized spacial score (nSPS) is 17.3. The Hall–Kier alpha value is -4.42. The van der Waals surface area contributed by atoms with Gasteiger partial charge in [-0.3, -0.25) is 14.2 Å². The van der Waals surface area contributed by atoms with Gasteiger partial charge in [-0.15, -0.1) is 0 Å². The summed E-state index contributed by atoms with van der Waals surface area (Å²) in [5, 5.41) is 10.8. The van der Waals surface area contributed by atoms with Crippen molar-refractivity contribution in [1.82, 2.24) is 24.8 Å². The number of imidazole rings is 1. The third kappa shape index (κ3) is 6.96. The number of aromatic amines is 2. The largest absolute Gasteiger partial charge is 0.490 e. The summed E-state index contributed by atoms with van der Waals surface area (Å²) in [6.45, 7) is 0. The Kier molecular flexibility index (Phi) is 8.70. The maximum absolute atomic E-state index is 12.5. The Labute approximate surface area is 225 Å². The van der Waals surface area contributed by atoms with Gasteiger partial charge in [0.15, 0.2) is 0 Å². The highest BCUT2D eigenvalue weighted by atomic mass is 19.4. The number of alkyl halides is 3. The summed E-state index contributed by atoms with van der Waals surface area (Å²) in [5.41, 5.74) is 2.26. The number of aliphatic carboxylic acids is 1. The zero-order chi connectivity index (χ0) is 28.9. The Morgan fingerprint density at radius 1 is 1.00 bits per heavy atom. The number of benzene rings is 2. The number of amides is 1. The minimum Gasteiger partial charge on any atom is -0.475 e. The molecule has 5 rings (SSSR count). The highest BCUT2D eigenvalue weighted by Gasteiger charge is 2.38. The van der Waals surface area contributed by atoms with Crippen LogP contribution in [0.15, 0.2) is 58.1 Å². The summed E-state index contributed by atoms with van der Waals surface area (Å²) < 4.78 is 33.6. The van der Waals surface area contributed by atoms with Crippen molar-refractivity contribution in [2.24, 2.45) is 0 Å². The SMILES string of the molecule is O=C(CCCc1nc2ccccc2c(=O)[nH]1)N[C@H]1CC[C@H](n2c(=O)[nH]c3ccccc32)CC1.O=C(O)C(F)(F)F. The summed E-state index contributed by atoms with van der Waals surface area (Å²) in [4.78, 5) is 56.2. The molecule has 0 spiro atoms. The van der Waals surface area contributed by atoms with Gasteiger partial charge < -0.3 is 20.4 Å². The van der Waals surface area contributed by atoms with Crippen molar-refractivity contribution in [3.63, 3.8) is 0 Å². The topological polar surface area (TPSA) is 150 Å². The van der Waals surface area contributed by atoms with Crippen LogP contribution in [0.3, 0.4) is 0 Å². The van der Waals surface area contributed by atoms with E-state index in [0.29, 0.717) is 36.0 Å². The summed E-state index contributed by atoms with van der Waals surface area (Å²) in [5.74, 6) is -2.13. The number of rotatable bonds is 6. The number of nitrogens with one attached hydrogen (secondary N) is 3. The molecule has 2 heterocycles. The number of para-hydroxylation sites is 3. The zero-order valence-corrected chi connectivity index (χ0v) is 21.3. The van der Waals surface area contributed by atoms with Crippen molar-refractivity contribution < 1.29 is 27.9 Å². The molecule has 0 atom stereocenters. The molecular formula is C27H28F3N5O5. The smallest absolute Gasteiger partial charge is 0.475 e. The van der Waals surface area contributed by atoms with Crippen LogP contribution in [0.25, 0.3) is 21.9 Å². The number of aryl methyl sites for hydroxylation is 1. The van der Waals surface area contributed by atoms with E-state index in [9.17, 15) is 27.6 Å². The quantitative estimate of drug-likeness (QED) is 0.282. The van der Waals surface area contributed by atoms with Gasteiger partial charge in [0, 0.05) is 24.9 Å². The van der Waals surface area contributed by atoms with Gasteiger partial charge in [-0.2, -0.15) is 13.2 Å². The van der Waals surface area contributed by atoms with E-state index in [1.165, 1.54) is 0 Å². The molecule has 0 bridgehead atoms. The highest BCUT2D eigenvalue weighted by molar-refractivity contribution is 5.78. The monoisotopic (exact) mass is 559 g/mol. The van der Waals surface area contributed by atoms with Crippen molar-refractivity contribution in [1.29, 1.82) is 0 Å². The number of halogens is 3. The number of hydrogen-bond acceptors (Lipinski definition) is 5. The first kappa shape index (κ1) is 28.6. The second kappa shape index (κ2) is 12.2. The highest BCUT2D eigenvalue weighted by Crippen LogP contribution is 2.30. The van der Waals surface area contributed by atoms with E-state index < -0.39 is 12.1 Å². The fourth-order valence-electron chi connectivity index (χ4n) is 4.88. The maximum atomic E-state index is 12.5. The average Bonchev–Trinajstić information content (AvgIpc) is 3.24. The molecule has 4 aromatic rings. The molecule has 2 aromatic carbocycles. The summed E-state index contributed by atoms with van der Waals surface area (Å²) >= 11 is 0. The number of nitrogens with zero attached hydrogens (tertiary/aromatic N) is 2. The minimum absolute atomic E-state index is 0.0193. The molecular weight excluding hydrogens is 531 g/mol. The van der Waals surface area contributed by atoms with Gasteiger partial charge in [-0.25, -0.2) is 14.6 Å². The molecule has 212 valence electrons. The van der Waals surface area contributed by atoms with Crippen LogP contribution in [0.1, 0.15) is 50.4 Å². The van der Waals surface area contributed by atoms with Gasteiger partial charge in [-0.1, -0.05) is 24.3 Å². The molecule has 1 aliphatic rings. The Morgan fingerprint density at radius 3 is 2.35 bits per heavy atom. The average molecular weight is 560 g/mol. The second-order valence-electron chi connectivity index (χ2n) is 9.58. The van der Waals surface area contributed by atoms with Crippen molar-refractivity contribution in [3.05, 3.63) is 75.2 Å². The fraction of sp³-hybridized carbons (Fsp3) is 0.370. The summed E-state index contributed by atoms with van der Waals surface area (Å²) in [7, 11) is 0. The molecule has 1 fully saturated rings. The molecule has 10 nitrogen and oxygen atoms in total. The predicted octanol–water partition coefficient (Wildman–Crippen LogP) is 3.82. The van der Waals surface area contributed by atoms with Crippen LogP contribution in [0, 0.1) is 0 Å². The molecule has 0 aliphatic heterocycles. The van der Waals surface area contributed by atoms with Crippen LogP contribution in [0.5, 0.6) is 0 Å². The molecule has 0 saturated heterocycles. The summed E-state index contributed by atoms with van der Waals surface area (Å²) in [6, 6.07) is 15.3. The lowest BCUT2D eigenvalue weighted by Gasteiger charge is -2.29. The van der Waals surface area contributed by atoms with Gasteiger partial charge in [0.1, 0.15) is 5.82 Å². The molecule has 1 amide bonds. The molecule has 40 heavy (non-hydrogen) atoms. The Balaban J connectivity index is 0.000000470. The third-order valence-corrected chi connectivity index (χ3v) is 6.77. The van der Waals surface area contributed by atoms with Crippen molar-refractivity contribution in [3.8, 4) is 0 Å². The number of carbonyl (C=O) groups excluding carboxylic acids is 1. The van der Waals surface area contributed by atoms with Crippen LogP contribution in [0.4, 0.5) is 13.2 Å². The van der Waals surface area contributed by atoms with Gasteiger partial charge in [-0.05, 0) is 56.4 Å².